The van der Waals surface area contributed by atoms with Crippen LogP contribution < -0.4 is 10.6 Å². The summed E-state index contributed by atoms with van der Waals surface area (Å²) in [5.74, 6) is 2.96. The van der Waals surface area contributed by atoms with Crippen molar-refractivity contribution in [2.24, 2.45) is 17.8 Å². The molecule has 0 unspecified atom stereocenters. The summed E-state index contributed by atoms with van der Waals surface area (Å²) >= 11 is 0. The average molecular weight is 387 g/mol. The van der Waals surface area contributed by atoms with Gasteiger partial charge in [-0.05, 0) is 70.0 Å². The van der Waals surface area contributed by atoms with Gasteiger partial charge >= 0.3 is 0 Å². The van der Waals surface area contributed by atoms with E-state index in [9.17, 15) is 0 Å². The van der Waals surface area contributed by atoms with E-state index in [4.69, 9.17) is 0 Å². The maximum absolute atomic E-state index is 3.65. The summed E-state index contributed by atoms with van der Waals surface area (Å²) in [4.78, 5) is 0. The number of hydrogen-bond donors (Lipinski definition) is 2. The first-order valence-electron chi connectivity index (χ1n) is 12.4. The lowest BCUT2D eigenvalue weighted by Gasteiger charge is -2.36. The smallest absolute Gasteiger partial charge is 0.00722 e. The van der Waals surface area contributed by atoms with Crippen molar-refractivity contribution in [3.8, 4) is 0 Å². The van der Waals surface area contributed by atoms with Crippen molar-refractivity contribution in [2.75, 3.05) is 20.1 Å². The monoisotopic (exact) mass is 386 g/mol. The van der Waals surface area contributed by atoms with E-state index in [-0.39, 0.29) is 0 Å². The molecule has 0 heterocycles. The molecule has 0 spiro atoms. The summed E-state index contributed by atoms with van der Waals surface area (Å²) in [6.45, 7) is 21.9. The molecule has 0 aliphatic heterocycles. The molecule has 2 aliphatic carbocycles. The highest BCUT2D eigenvalue weighted by Gasteiger charge is 2.26. The molecule has 2 nitrogen and oxygen atoms in total. The van der Waals surface area contributed by atoms with Crippen LogP contribution in [0, 0.1) is 17.8 Å². The zero-order valence-electron chi connectivity index (χ0n) is 21.1. The van der Waals surface area contributed by atoms with E-state index < -0.39 is 0 Å². The van der Waals surface area contributed by atoms with Crippen LogP contribution >= 0.6 is 0 Å². The van der Waals surface area contributed by atoms with E-state index in [1.807, 2.05) is 20.9 Å². The van der Waals surface area contributed by atoms with Crippen LogP contribution in [0.25, 0.3) is 0 Å². The second-order valence-electron chi connectivity index (χ2n) is 8.21. The normalized spacial score (nSPS) is 20.1. The summed E-state index contributed by atoms with van der Waals surface area (Å²) in [7, 11) is 1.96. The fourth-order valence-electron chi connectivity index (χ4n) is 2.64. The summed E-state index contributed by atoms with van der Waals surface area (Å²) < 4.78 is 0. The lowest BCUT2D eigenvalue weighted by Crippen LogP contribution is -2.43. The molecule has 2 rings (SSSR count). The van der Waals surface area contributed by atoms with Crippen LogP contribution in [0.3, 0.4) is 0 Å². The van der Waals surface area contributed by atoms with Crippen LogP contribution in [-0.4, -0.2) is 26.2 Å². The van der Waals surface area contributed by atoms with E-state index in [0.29, 0.717) is 0 Å². The summed E-state index contributed by atoms with van der Waals surface area (Å²) in [6, 6.07) is 0.880. The predicted octanol–water partition coefficient (Wildman–Crippen LogP) is 7.68. The van der Waals surface area contributed by atoms with Crippen LogP contribution in [0.2, 0.25) is 0 Å². The Morgan fingerprint density at radius 2 is 1.41 bits per heavy atom. The predicted molar refractivity (Wildman–Crippen MR) is 129 cm³/mol. The molecule has 2 aliphatic rings. The van der Waals surface area contributed by atoms with Crippen molar-refractivity contribution >= 4 is 0 Å². The van der Waals surface area contributed by atoms with Gasteiger partial charge in [-0.2, -0.15) is 0 Å². The van der Waals surface area contributed by atoms with E-state index in [2.05, 4.69) is 59.1 Å². The van der Waals surface area contributed by atoms with Crippen molar-refractivity contribution in [3.63, 3.8) is 0 Å². The van der Waals surface area contributed by atoms with Crippen LogP contribution in [0.5, 0.6) is 0 Å². The van der Waals surface area contributed by atoms with E-state index in [0.717, 1.165) is 30.3 Å². The largest absolute Gasteiger partial charge is 0.320 e. The number of hydrogen-bond acceptors (Lipinski definition) is 2. The quantitative estimate of drug-likeness (QED) is 0.469. The van der Waals surface area contributed by atoms with E-state index in [1.54, 1.807) is 0 Å². The Labute approximate surface area is 175 Å². The third kappa shape index (κ3) is 23.9. The van der Waals surface area contributed by atoms with Gasteiger partial charge in [0.05, 0.1) is 0 Å². The van der Waals surface area contributed by atoms with Crippen LogP contribution in [-0.2, 0) is 0 Å². The SMILES string of the molecule is CC.CC1CC(NCC2CCC2)C1.CCC.CCC(C)CC.CCCNC. The molecule has 0 atom stereocenters. The summed E-state index contributed by atoms with van der Waals surface area (Å²) in [6.07, 6.45) is 12.4. The van der Waals surface area contributed by atoms with Gasteiger partial charge in [0.25, 0.3) is 0 Å². The Hall–Kier alpha value is -0.0800. The molecule has 27 heavy (non-hydrogen) atoms. The zero-order chi connectivity index (χ0) is 21.5. The Kier molecular flexibility index (Phi) is 30.3. The van der Waals surface area contributed by atoms with Crippen molar-refractivity contribution in [2.45, 2.75) is 126 Å². The molecule has 0 amide bonds. The Balaban J connectivity index is -0.000000310. The molecular formula is C25H58N2. The van der Waals surface area contributed by atoms with Gasteiger partial charge in [-0.1, -0.05) is 88.0 Å². The highest BCUT2D eigenvalue weighted by molar-refractivity contribution is 4.84. The van der Waals surface area contributed by atoms with Crippen LogP contribution in [0.15, 0.2) is 0 Å². The van der Waals surface area contributed by atoms with Gasteiger partial charge in [0.2, 0.25) is 0 Å². The highest BCUT2D eigenvalue weighted by Crippen LogP contribution is 2.29. The number of rotatable bonds is 7. The van der Waals surface area contributed by atoms with Crippen LogP contribution in [0.1, 0.15) is 120 Å². The molecule has 2 fully saturated rings. The first kappa shape index (κ1) is 31.6. The second-order valence-corrected chi connectivity index (χ2v) is 8.21. The van der Waals surface area contributed by atoms with Gasteiger partial charge in [0.1, 0.15) is 0 Å². The zero-order valence-corrected chi connectivity index (χ0v) is 21.1. The molecule has 2 N–H and O–H groups in total. The molecule has 2 saturated carbocycles. The van der Waals surface area contributed by atoms with Crippen molar-refractivity contribution in [3.05, 3.63) is 0 Å². The lowest BCUT2D eigenvalue weighted by molar-refractivity contribution is 0.209. The summed E-state index contributed by atoms with van der Waals surface area (Å²) in [5, 5.41) is 6.67. The average Bonchev–Trinajstić information content (AvgIpc) is 2.62. The van der Waals surface area contributed by atoms with Crippen molar-refractivity contribution in [1.29, 1.82) is 0 Å². The molecule has 0 aromatic carbocycles. The maximum atomic E-state index is 3.65. The Bertz CT molecular complexity index is 226. The molecule has 0 saturated heterocycles. The van der Waals surface area contributed by atoms with E-state index >= 15 is 0 Å². The molecular weight excluding hydrogens is 328 g/mol. The van der Waals surface area contributed by atoms with Gasteiger partial charge < -0.3 is 10.6 Å². The fourth-order valence-corrected chi connectivity index (χ4v) is 2.64. The first-order chi connectivity index (χ1) is 13.0. The summed E-state index contributed by atoms with van der Waals surface area (Å²) in [5.41, 5.74) is 0. The standard InChI is InChI=1S/C10H19N.C6H14.C4H11N.C3H8.C2H6/c1-8-5-10(6-8)11-7-9-3-2-4-9;1-4-6(3)5-2;1-3-4-5-2;1-3-2;1-2/h8-11H,2-7H2,1H3;6H,4-5H2,1-3H3;5H,3-4H2,1-2H3;3H2,1-2H3;1-2H3. The Morgan fingerprint density at radius 1 is 0.926 bits per heavy atom. The molecule has 0 aromatic rings. The highest BCUT2D eigenvalue weighted by atomic mass is 14.9. The fraction of sp³-hybridized carbons (Fsp3) is 1.00. The Morgan fingerprint density at radius 3 is 1.59 bits per heavy atom. The minimum atomic E-state index is 0.880. The van der Waals surface area contributed by atoms with Gasteiger partial charge in [-0.3, -0.25) is 0 Å². The van der Waals surface area contributed by atoms with Crippen molar-refractivity contribution in [1.82, 2.24) is 10.6 Å². The minimum Gasteiger partial charge on any atom is -0.320 e. The minimum absolute atomic E-state index is 0.880. The molecule has 0 aromatic heterocycles. The molecule has 168 valence electrons. The second kappa shape index (κ2) is 25.9. The third-order valence-electron chi connectivity index (χ3n) is 5.19. The molecule has 0 bridgehead atoms. The van der Waals surface area contributed by atoms with E-state index in [1.165, 1.54) is 64.3 Å². The van der Waals surface area contributed by atoms with Gasteiger partial charge in [0, 0.05) is 6.04 Å². The first-order valence-corrected chi connectivity index (χ1v) is 12.4. The number of nitrogens with one attached hydrogen (secondary N) is 2. The molecule has 0 radical (unpaired) electrons. The topological polar surface area (TPSA) is 24.1 Å². The maximum Gasteiger partial charge on any atom is 0.00722 e. The van der Waals surface area contributed by atoms with Gasteiger partial charge in [-0.25, -0.2) is 0 Å². The van der Waals surface area contributed by atoms with Gasteiger partial charge in [-0.15, -0.1) is 0 Å². The van der Waals surface area contributed by atoms with Crippen molar-refractivity contribution < 1.29 is 0 Å². The lowest BCUT2D eigenvalue weighted by atomic mass is 9.80. The molecule has 2 heteroatoms. The van der Waals surface area contributed by atoms with Crippen LogP contribution in [0.4, 0.5) is 0 Å². The van der Waals surface area contributed by atoms with Gasteiger partial charge in [0.15, 0.2) is 0 Å². The third-order valence-corrected chi connectivity index (χ3v) is 5.19.